The second-order valence-electron chi connectivity index (χ2n) is 9.88. The van der Waals surface area contributed by atoms with Gasteiger partial charge in [0.15, 0.2) is 5.78 Å². The van der Waals surface area contributed by atoms with Crippen LogP contribution < -0.4 is 10.1 Å². The molecule has 7 nitrogen and oxygen atoms in total. The number of rotatable bonds is 6. The summed E-state index contributed by atoms with van der Waals surface area (Å²) in [6, 6.07) is 4.17. The summed E-state index contributed by atoms with van der Waals surface area (Å²) in [5, 5.41) is 3.65. The van der Waals surface area contributed by atoms with Crippen molar-refractivity contribution in [3.8, 4) is 5.75 Å². The molecular weight excluding hydrogens is 420 g/mol. The number of nitrogens with zero attached hydrogens (tertiary/aromatic N) is 1. The zero-order valence-electron chi connectivity index (χ0n) is 20.0. The number of methoxy groups -OCH3 is 3. The first-order valence-corrected chi connectivity index (χ1v) is 12.1. The van der Waals surface area contributed by atoms with E-state index in [1.807, 2.05) is 0 Å². The molecule has 0 amide bonds. The van der Waals surface area contributed by atoms with Crippen molar-refractivity contribution >= 4 is 17.4 Å². The highest BCUT2D eigenvalue weighted by molar-refractivity contribution is 6.16. The second-order valence-corrected chi connectivity index (χ2v) is 9.88. The first-order chi connectivity index (χ1) is 16.0. The Morgan fingerprint density at radius 3 is 2.70 bits per heavy atom. The quantitative estimate of drug-likeness (QED) is 0.399. The van der Waals surface area contributed by atoms with E-state index in [9.17, 15) is 9.59 Å². The molecule has 1 spiro atoms. The monoisotopic (exact) mass is 454 g/mol. The Morgan fingerprint density at radius 2 is 2.06 bits per heavy atom. The third kappa shape index (κ3) is 3.35. The van der Waals surface area contributed by atoms with Gasteiger partial charge in [-0.05, 0) is 55.1 Å². The van der Waals surface area contributed by atoms with Crippen LogP contribution in [0.3, 0.4) is 0 Å². The third-order valence-corrected chi connectivity index (χ3v) is 8.31. The molecule has 0 aromatic heterocycles. The third-order valence-electron chi connectivity index (χ3n) is 8.31. The van der Waals surface area contributed by atoms with Crippen LogP contribution in [-0.4, -0.2) is 62.7 Å². The van der Waals surface area contributed by atoms with Crippen LogP contribution >= 0.6 is 0 Å². The van der Waals surface area contributed by atoms with Crippen LogP contribution in [0.1, 0.15) is 60.9 Å². The average molecular weight is 455 g/mol. The van der Waals surface area contributed by atoms with Crippen molar-refractivity contribution in [3.63, 3.8) is 0 Å². The smallest absolute Gasteiger partial charge is 0.337 e. The van der Waals surface area contributed by atoms with Gasteiger partial charge in [0.05, 0.1) is 38.7 Å². The number of Topliss-reactive ketones (excluding diaryl/α,β-unsaturated/α-hetero) is 1. The molecule has 2 saturated heterocycles. The molecule has 5 rings (SSSR count). The molecule has 1 aromatic rings. The van der Waals surface area contributed by atoms with E-state index in [-0.39, 0.29) is 23.7 Å². The maximum Gasteiger partial charge on any atom is 0.337 e. The SMILES string of the molecule is CC[C@@H]1CN2CC[C@]3(Nc4ccc(C5CC5)c(OC)c4C3=O)[C@@H]2C[C@@H]1/C(=C\OC)C(=O)OC. The Balaban J connectivity index is 1.51. The van der Waals surface area contributed by atoms with E-state index in [0.29, 0.717) is 29.4 Å². The zero-order valence-corrected chi connectivity index (χ0v) is 20.0. The number of fused-ring (bicyclic) bond motifs is 3. The van der Waals surface area contributed by atoms with Gasteiger partial charge in [-0.2, -0.15) is 0 Å². The average Bonchev–Trinajstić information content (AvgIpc) is 3.57. The Morgan fingerprint density at radius 1 is 1.27 bits per heavy atom. The van der Waals surface area contributed by atoms with Gasteiger partial charge in [0.2, 0.25) is 0 Å². The predicted octanol–water partition coefficient (Wildman–Crippen LogP) is 3.74. The molecule has 33 heavy (non-hydrogen) atoms. The molecule has 3 heterocycles. The van der Waals surface area contributed by atoms with Gasteiger partial charge in [-0.3, -0.25) is 9.69 Å². The topological polar surface area (TPSA) is 77.1 Å². The molecule has 7 heteroatoms. The van der Waals surface area contributed by atoms with Crippen LogP contribution in [0.5, 0.6) is 5.75 Å². The van der Waals surface area contributed by atoms with E-state index >= 15 is 0 Å². The summed E-state index contributed by atoms with van der Waals surface area (Å²) in [7, 11) is 4.63. The van der Waals surface area contributed by atoms with E-state index < -0.39 is 5.54 Å². The minimum atomic E-state index is -0.691. The van der Waals surface area contributed by atoms with Crippen molar-refractivity contribution < 1.29 is 23.8 Å². The van der Waals surface area contributed by atoms with Gasteiger partial charge in [-0.25, -0.2) is 4.79 Å². The molecule has 0 bridgehead atoms. The van der Waals surface area contributed by atoms with E-state index in [1.54, 1.807) is 14.2 Å². The molecular formula is C26H34N2O5. The fourth-order valence-corrected chi connectivity index (χ4v) is 6.51. The highest BCUT2D eigenvalue weighted by atomic mass is 16.5. The fourth-order valence-electron chi connectivity index (χ4n) is 6.51. The summed E-state index contributed by atoms with van der Waals surface area (Å²) in [5.74, 6) is 1.29. The summed E-state index contributed by atoms with van der Waals surface area (Å²) in [6.07, 6.45) is 6.23. The summed E-state index contributed by atoms with van der Waals surface area (Å²) in [6.45, 7) is 3.87. The van der Waals surface area contributed by atoms with Crippen molar-refractivity contribution in [2.45, 2.75) is 56.5 Å². The number of piperidine rings is 1. The van der Waals surface area contributed by atoms with Gasteiger partial charge in [-0.15, -0.1) is 0 Å². The van der Waals surface area contributed by atoms with Crippen molar-refractivity contribution in [2.24, 2.45) is 11.8 Å². The fraction of sp³-hybridized carbons (Fsp3) is 0.615. The molecule has 1 saturated carbocycles. The van der Waals surface area contributed by atoms with Gasteiger partial charge < -0.3 is 19.5 Å². The number of hydrogen-bond donors (Lipinski definition) is 1. The number of ketones is 1. The van der Waals surface area contributed by atoms with Crippen molar-refractivity contribution in [3.05, 3.63) is 35.1 Å². The first-order valence-electron chi connectivity index (χ1n) is 12.1. The minimum absolute atomic E-state index is 0.0100. The Hall–Kier alpha value is -2.54. The van der Waals surface area contributed by atoms with Crippen LogP contribution in [0.4, 0.5) is 5.69 Å². The number of carbonyl (C=O) groups is 2. The van der Waals surface area contributed by atoms with E-state index in [0.717, 1.165) is 55.8 Å². The lowest BCUT2D eigenvalue weighted by molar-refractivity contribution is -0.137. The molecule has 1 aliphatic carbocycles. The summed E-state index contributed by atoms with van der Waals surface area (Å²) < 4.78 is 16.2. The lowest BCUT2D eigenvalue weighted by Crippen LogP contribution is -2.57. The molecule has 0 radical (unpaired) electrons. The van der Waals surface area contributed by atoms with Crippen LogP contribution in [0, 0.1) is 11.8 Å². The molecule has 4 aliphatic rings. The number of esters is 1. The largest absolute Gasteiger partial charge is 0.504 e. The van der Waals surface area contributed by atoms with Gasteiger partial charge in [0, 0.05) is 24.8 Å². The second kappa shape index (κ2) is 8.35. The molecule has 0 unspecified atom stereocenters. The van der Waals surface area contributed by atoms with Crippen molar-refractivity contribution in [2.75, 3.05) is 39.7 Å². The maximum atomic E-state index is 14.1. The summed E-state index contributed by atoms with van der Waals surface area (Å²) >= 11 is 0. The molecule has 178 valence electrons. The van der Waals surface area contributed by atoms with Crippen LogP contribution in [0.25, 0.3) is 0 Å². The van der Waals surface area contributed by atoms with Gasteiger partial charge >= 0.3 is 5.97 Å². The highest BCUT2D eigenvalue weighted by Gasteiger charge is 2.60. The number of hydrogen-bond acceptors (Lipinski definition) is 7. The van der Waals surface area contributed by atoms with Gasteiger partial charge in [0.25, 0.3) is 0 Å². The molecule has 1 N–H and O–H groups in total. The summed E-state index contributed by atoms with van der Waals surface area (Å²) in [5.41, 5.74) is 2.60. The standard InChI is InChI=1S/C26H34N2O5/c1-5-15-13-28-11-10-26(21(28)12-18(15)19(14-31-2)25(30)33-4)24(29)22-20(27-26)9-8-17(16-6-7-16)23(22)32-3/h8-9,14-16,18,21,27H,5-7,10-13H2,1-4H3/b19-14+/t15-,18+,21+,26+/m1/s1. The molecule has 1 aromatic carbocycles. The van der Waals surface area contributed by atoms with Crippen LogP contribution in [0.2, 0.25) is 0 Å². The van der Waals surface area contributed by atoms with E-state index in [4.69, 9.17) is 14.2 Å². The predicted molar refractivity (Wildman–Crippen MR) is 125 cm³/mol. The minimum Gasteiger partial charge on any atom is -0.504 e. The van der Waals surface area contributed by atoms with E-state index in [1.165, 1.54) is 13.4 Å². The van der Waals surface area contributed by atoms with Crippen LogP contribution in [0.15, 0.2) is 24.0 Å². The number of benzene rings is 1. The highest BCUT2D eigenvalue weighted by Crippen LogP contribution is 2.53. The zero-order chi connectivity index (χ0) is 23.3. The maximum absolute atomic E-state index is 14.1. The van der Waals surface area contributed by atoms with Crippen molar-refractivity contribution in [1.29, 1.82) is 0 Å². The Kier molecular flexibility index (Phi) is 5.63. The van der Waals surface area contributed by atoms with Crippen LogP contribution in [-0.2, 0) is 14.3 Å². The lowest BCUT2D eigenvalue weighted by atomic mass is 9.72. The Labute approximate surface area is 195 Å². The summed E-state index contributed by atoms with van der Waals surface area (Å²) in [4.78, 5) is 29.2. The van der Waals surface area contributed by atoms with Crippen molar-refractivity contribution in [1.82, 2.24) is 4.90 Å². The lowest BCUT2D eigenvalue weighted by Gasteiger charge is -2.45. The number of carbonyl (C=O) groups excluding carboxylic acids is 2. The van der Waals surface area contributed by atoms with E-state index in [2.05, 4.69) is 29.3 Å². The molecule has 3 aliphatic heterocycles. The first kappa shape index (κ1) is 22.3. The molecule has 4 atom stereocenters. The molecule has 3 fully saturated rings. The van der Waals surface area contributed by atoms with Gasteiger partial charge in [0.1, 0.15) is 11.3 Å². The number of anilines is 1. The van der Waals surface area contributed by atoms with Gasteiger partial charge in [-0.1, -0.05) is 19.4 Å². The Bertz CT molecular complexity index is 1000. The number of ether oxygens (including phenoxy) is 3. The number of nitrogens with one attached hydrogen (secondary N) is 1. The normalized spacial score (nSPS) is 31.2.